The second kappa shape index (κ2) is 10.4. The molecule has 2 aromatic carbocycles. The quantitative estimate of drug-likeness (QED) is 0.688. The van der Waals surface area contributed by atoms with Gasteiger partial charge in [0, 0.05) is 44.5 Å². The molecule has 1 spiro atoms. The molecule has 0 saturated carbocycles. The fourth-order valence-corrected chi connectivity index (χ4v) is 5.06. The number of ether oxygens (including phenoxy) is 1. The molecule has 2 aromatic rings. The molecule has 3 amide bonds. The van der Waals surface area contributed by atoms with Crippen molar-refractivity contribution in [2.45, 2.75) is 65.3 Å². The van der Waals surface area contributed by atoms with Gasteiger partial charge in [-0.25, -0.2) is 0 Å². The lowest BCUT2D eigenvalue weighted by Gasteiger charge is -2.45. The number of rotatable bonds is 5. The lowest BCUT2D eigenvalue weighted by molar-refractivity contribution is -0.145. The smallest absolute Gasteiger partial charge is 0.256 e. The summed E-state index contributed by atoms with van der Waals surface area (Å²) >= 11 is 0. The van der Waals surface area contributed by atoms with Crippen molar-refractivity contribution >= 4 is 17.7 Å². The molecule has 0 aromatic heterocycles. The van der Waals surface area contributed by atoms with Crippen LogP contribution in [0.3, 0.4) is 0 Å². The number of hydrogen-bond donors (Lipinski definition) is 1. The van der Waals surface area contributed by atoms with Gasteiger partial charge in [0.05, 0.1) is 6.61 Å². The number of nitrogens with zero attached hydrogens (tertiary/aromatic N) is 2. The Hall–Kier alpha value is -3.19. The van der Waals surface area contributed by atoms with Gasteiger partial charge in [-0.05, 0) is 30.0 Å². The summed E-state index contributed by atoms with van der Waals surface area (Å²) in [5.41, 5.74) is 1.50. The van der Waals surface area contributed by atoms with Crippen molar-refractivity contribution in [3.8, 4) is 0 Å². The van der Waals surface area contributed by atoms with E-state index in [0.717, 1.165) is 11.1 Å². The van der Waals surface area contributed by atoms with Crippen molar-refractivity contribution in [2.24, 2.45) is 5.41 Å². The first-order chi connectivity index (χ1) is 17.1. The molecule has 0 aliphatic carbocycles. The molecule has 192 valence electrons. The third-order valence-electron chi connectivity index (χ3n) is 6.94. The topological polar surface area (TPSA) is 79.0 Å². The van der Waals surface area contributed by atoms with Gasteiger partial charge in [0.15, 0.2) is 0 Å². The maximum absolute atomic E-state index is 13.9. The van der Waals surface area contributed by atoms with Crippen LogP contribution < -0.4 is 5.32 Å². The van der Waals surface area contributed by atoms with E-state index in [4.69, 9.17) is 4.74 Å². The molecule has 36 heavy (non-hydrogen) atoms. The van der Waals surface area contributed by atoms with Gasteiger partial charge < -0.3 is 15.0 Å². The van der Waals surface area contributed by atoms with E-state index < -0.39 is 11.8 Å². The number of amides is 3. The molecule has 1 atom stereocenters. The summed E-state index contributed by atoms with van der Waals surface area (Å²) in [6.07, 6.45) is 1.42. The van der Waals surface area contributed by atoms with E-state index in [1.54, 1.807) is 11.0 Å². The first-order valence-electron chi connectivity index (χ1n) is 12.7. The Morgan fingerprint density at radius 1 is 1.03 bits per heavy atom. The zero-order chi connectivity index (χ0) is 25.9. The SMILES string of the molecule is Cc1cccc(C(=O)N2[C@H](C(=O)NCc3ccccc3)COC23CCN(C(=O)CC(C)(C)C)CC3)c1. The number of carbonyl (C=O) groups is 3. The predicted molar refractivity (Wildman–Crippen MR) is 138 cm³/mol. The molecule has 2 aliphatic heterocycles. The Labute approximate surface area is 213 Å². The summed E-state index contributed by atoms with van der Waals surface area (Å²) in [6.45, 7) is 9.59. The Morgan fingerprint density at radius 3 is 2.36 bits per heavy atom. The monoisotopic (exact) mass is 491 g/mol. The van der Waals surface area contributed by atoms with Crippen LogP contribution in [0.25, 0.3) is 0 Å². The standard InChI is InChI=1S/C29H37N3O4/c1-21-9-8-12-23(17-21)27(35)32-24(26(34)30-19-22-10-6-5-7-11-22)20-36-29(32)13-15-31(16-14-29)25(33)18-28(2,3)4/h5-12,17,24H,13-16,18-20H2,1-4H3,(H,30,34)/t24-/m0/s1. The van der Waals surface area contributed by atoms with Crippen molar-refractivity contribution in [3.63, 3.8) is 0 Å². The molecule has 2 fully saturated rings. The first-order valence-corrected chi connectivity index (χ1v) is 12.7. The molecule has 2 aliphatic rings. The number of carbonyl (C=O) groups excluding carboxylic acids is 3. The largest absolute Gasteiger partial charge is 0.353 e. The van der Waals surface area contributed by atoms with Crippen molar-refractivity contribution in [1.82, 2.24) is 15.1 Å². The third kappa shape index (κ3) is 5.78. The number of hydrogen-bond acceptors (Lipinski definition) is 4. The highest BCUT2D eigenvalue weighted by Crippen LogP contribution is 2.39. The minimum absolute atomic E-state index is 0.0921. The second-order valence-corrected chi connectivity index (χ2v) is 11.1. The van der Waals surface area contributed by atoms with Crippen LogP contribution in [0.4, 0.5) is 0 Å². The number of likely N-dealkylation sites (tertiary alicyclic amines) is 1. The predicted octanol–water partition coefficient (Wildman–Crippen LogP) is 3.91. The van der Waals surface area contributed by atoms with Gasteiger partial charge in [0.1, 0.15) is 11.8 Å². The van der Waals surface area contributed by atoms with Gasteiger partial charge in [-0.15, -0.1) is 0 Å². The van der Waals surface area contributed by atoms with Gasteiger partial charge in [-0.3, -0.25) is 19.3 Å². The summed E-state index contributed by atoms with van der Waals surface area (Å²) in [5.74, 6) is -0.336. The highest BCUT2D eigenvalue weighted by atomic mass is 16.5. The molecule has 0 bridgehead atoms. The summed E-state index contributed by atoms with van der Waals surface area (Å²) in [5, 5.41) is 2.99. The van der Waals surface area contributed by atoms with Crippen molar-refractivity contribution in [2.75, 3.05) is 19.7 Å². The van der Waals surface area contributed by atoms with Crippen LogP contribution in [-0.2, 0) is 20.9 Å². The molecular formula is C29H37N3O4. The van der Waals surface area contributed by atoms with Crippen molar-refractivity contribution in [1.29, 1.82) is 0 Å². The van der Waals surface area contributed by atoms with Gasteiger partial charge >= 0.3 is 0 Å². The lowest BCUT2D eigenvalue weighted by atomic mass is 9.90. The average molecular weight is 492 g/mol. The first kappa shape index (κ1) is 25.9. The molecule has 2 saturated heterocycles. The minimum atomic E-state index is -0.909. The zero-order valence-electron chi connectivity index (χ0n) is 21.8. The van der Waals surface area contributed by atoms with Crippen LogP contribution in [-0.4, -0.2) is 59.0 Å². The Bertz CT molecular complexity index is 1100. The fraction of sp³-hybridized carbons (Fsp3) is 0.483. The Balaban J connectivity index is 1.54. The van der Waals surface area contributed by atoms with E-state index in [1.165, 1.54) is 0 Å². The van der Waals surface area contributed by atoms with E-state index in [1.807, 2.05) is 60.4 Å². The van der Waals surface area contributed by atoms with E-state index in [9.17, 15) is 14.4 Å². The van der Waals surface area contributed by atoms with Gasteiger partial charge in [0.2, 0.25) is 11.8 Å². The summed E-state index contributed by atoms with van der Waals surface area (Å²) in [4.78, 5) is 43.5. The molecule has 0 radical (unpaired) electrons. The molecule has 1 N–H and O–H groups in total. The molecule has 2 heterocycles. The maximum Gasteiger partial charge on any atom is 0.256 e. The number of benzene rings is 2. The summed E-state index contributed by atoms with van der Waals surface area (Å²) in [6, 6.07) is 16.4. The zero-order valence-corrected chi connectivity index (χ0v) is 21.8. The van der Waals surface area contributed by atoms with Crippen LogP contribution in [0, 0.1) is 12.3 Å². The number of nitrogens with one attached hydrogen (secondary N) is 1. The molecular weight excluding hydrogens is 454 g/mol. The normalized spacial score (nSPS) is 19.4. The Kier molecular flexibility index (Phi) is 7.50. The highest BCUT2D eigenvalue weighted by Gasteiger charge is 2.54. The molecule has 4 rings (SSSR count). The highest BCUT2D eigenvalue weighted by molar-refractivity contribution is 5.98. The van der Waals surface area contributed by atoms with E-state index in [2.05, 4.69) is 26.1 Å². The van der Waals surface area contributed by atoms with Crippen molar-refractivity contribution in [3.05, 3.63) is 71.3 Å². The lowest BCUT2D eigenvalue weighted by Crippen LogP contribution is -2.59. The van der Waals surface area contributed by atoms with Crippen molar-refractivity contribution < 1.29 is 19.1 Å². The number of aryl methyl sites for hydroxylation is 1. The molecule has 0 unspecified atom stereocenters. The maximum atomic E-state index is 13.9. The average Bonchev–Trinajstić information content (AvgIpc) is 3.20. The van der Waals surface area contributed by atoms with Gasteiger partial charge in [-0.2, -0.15) is 0 Å². The van der Waals surface area contributed by atoms with E-state index in [0.29, 0.717) is 44.5 Å². The second-order valence-electron chi connectivity index (χ2n) is 11.1. The van der Waals surface area contributed by atoms with E-state index >= 15 is 0 Å². The van der Waals surface area contributed by atoms with Gasteiger partial charge in [-0.1, -0.05) is 68.8 Å². The van der Waals surface area contributed by atoms with Crippen LogP contribution in [0.15, 0.2) is 54.6 Å². The van der Waals surface area contributed by atoms with Gasteiger partial charge in [0.25, 0.3) is 5.91 Å². The summed E-state index contributed by atoms with van der Waals surface area (Å²) < 4.78 is 6.29. The number of piperidine rings is 1. The molecule has 7 heteroatoms. The van der Waals surface area contributed by atoms with Crippen LogP contribution in [0.1, 0.15) is 61.5 Å². The van der Waals surface area contributed by atoms with Crippen LogP contribution in [0.2, 0.25) is 0 Å². The third-order valence-corrected chi connectivity index (χ3v) is 6.94. The Morgan fingerprint density at radius 2 is 1.72 bits per heavy atom. The fourth-order valence-electron chi connectivity index (χ4n) is 5.06. The molecule has 7 nitrogen and oxygen atoms in total. The van der Waals surface area contributed by atoms with E-state index in [-0.39, 0.29) is 29.7 Å². The van der Waals surface area contributed by atoms with Crippen LogP contribution in [0.5, 0.6) is 0 Å². The minimum Gasteiger partial charge on any atom is -0.353 e. The summed E-state index contributed by atoms with van der Waals surface area (Å²) in [7, 11) is 0. The van der Waals surface area contributed by atoms with Crippen LogP contribution >= 0.6 is 0 Å².